The van der Waals surface area contributed by atoms with Gasteiger partial charge in [0.15, 0.2) is 10.9 Å². The Hall–Kier alpha value is -2.84. The molecule has 2 aromatic heterocycles. The molecule has 28 heavy (non-hydrogen) atoms. The lowest BCUT2D eigenvalue weighted by atomic mass is 10.3. The Balaban J connectivity index is 1.56. The van der Waals surface area contributed by atoms with Crippen LogP contribution in [0.15, 0.2) is 87.0 Å². The van der Waals surface area contributed by atoms with E-state index < -0.39 is 0 Å². The SMILES string of the molecule is O=C(CSc1nnc(-c2ccco2)n1-c1ccccc1)Nc1ccccc1Br. The first-order valence-electron chi connectivity index (χ1n) is 8.44. The van der Waals surface area contributed by atoms with Crippen LogP contribution < -0.4 is 5.32 Å². The van der Waals surface area contributed by atoms with Gasteiger partial charge in [0, 0.05) is 10.2 Å². The minimum absolute atomic E-state index is 0.126. The van der Waals surface area contributed by atoms with Gasteiger partial charge in [-0.05, 0) is 52.3 Å². The number of benzene rings is 2. The number of halogens is 1. The molecule has 0 spiro atoms. The molecule has 0 bridgehead atoms. The number of thioether (sulfide) groups is 1. The minimum Gasteiger partial charge on any atom is -0.461 e. The van der Waals surface area contributed by atoms with Crippen molar-refractivity contribution in [2.24, 2.45) is 0 Å². The van der Waals surface area contributed by atoms with Crippen molar-refractivity contribution in [1.29, 1.82) is 0 Å². The fourth-order valence-corrected chi connectivity index (χ4v) is 3.75. The van der Waals surface area contributed by atoms with Crippen LogP contribution in [0.1, 0.15) is 0 Å². The van der Waals surface area contributed by atoms with Gasteiger partial charge in [-0.15, -0.1) is 10.2 Å². The fourth-order valence-electron chi connectivity index (χ4n) is 2.62. The highest BCUT2D eigenvalue weighted by Gasteiger charge is 2.19. The molecule has 8 heteroatoms. The highest BCUT2D eigenvalue weighted by Crippen LogP contribution is 2.28. The summed E-state index contributed by atoms with van der Waals surface area (Å²) < 4.78 is 8.21. The van der Waals surface area contributed by atoms with Crippen LogP contribution in [0.4, 0.5) is 5.69 Å². The number of nitrogens with zero attached hydrogens (tertiary/aromatic N) is 3. The topological polar surface area (TPSA) is 73.0 Å². The zero-order valence-corrected chi connectivity index (χ0v) is 17.0. The molecular weight excluding hydrogens is 440 g/mol. The predicted octanol–water partition coefficient (Wildman–Crippen LogP) is 5.02. The van der Waals surface area contributed by atoms with Crippen LogP contribution in [-0.4, -0.2) is 26.4 Å². The standard InChI is InChI=1S/C20H15BrN4O2S/c21-15-9-4-5-10-16(15)22-18(26)13-28-20-24-23-19(17-11-6-12-27-17)25(20)14-7-2-1-3-8-14/h1-12H,13H2,(H,22,26). The van der Waals surface area contributed by atoms with Crippen LogP contribution in [-0.2, 0) is 4.79 Å². The first kappa shape index (κ1) is 18.5. The van der Waals surface area contributed by atoms with Crippen molar-refractivity contribution >= 4 is 39.3 Å². The van der Waals surface area contributed by atoms with Gasteiger partial charge in [-0.3, -0.25) is 9.36 Å². The average Bonchev–Trinajstić information content (AvgIpc) is 3.38. The number of furan rings is 1. The molecule has 0 unspecified atom stereocenters. The van der Waals surface area contributed by atoms with Crippen LogP contribution in [0.25, 0.3) is 17.3 Å². The van der Waals surface area contributed by atoms with E-state index in [1.807, 2.05) is 65.2 Å². The lowest BCUT2D eigenvalue weighted by Gasteiger charge is -2.09. The highest BCUT2D eigenvalue weighted by atomic mass is 79.9. The number of carbonyl (C=O) groups excluding carboxylic acids is 1. The third-order valence-corrected chi connectivity index (χ3v) is 5.49. The van der Waals surface area contributed by atoms with E-state index in [0.717, 1.165) is 15.8 Å². The van der Waals surface area contributed by atoms with Crippen LogP contribution in [0.3, 0.4) is 0 Å². The summed E-state index contributed by atoms with van der Waals surface area (Å²) in [7, 11) is 0. The second-order valence-corrected chi connectivity index (χ2v) is 7.57. The van der Waals surface area contributed by atoms with Gasteiger partial charge in [-0.25, -0.2) is 0 Å². The largest absolute Gasteiger partial charge is 0.461 e. The van der Waals surface area contributed by atoms with E-state index in [9.17, 15) is 4.79 Å². The molecule has 0 aliphatic heterocycles. The zero-order chi connectivity index (χ0) is 19.3. The molecule has 0 radical (unpaired) electrons. The molecule has 0 saturated heterocycles. The Kier molecular flexibility index (Phi) is 5.59. The Labute approximate surface area is 174 Å². The van der Waals surface area contributed by atoms with Crippen molar-refractivity contribution in [3.05, 3.63) is 77.5 Å². The normalized spacial score (nSPS) is 10.8. The average molecular weight is 455 g/mol. The van der Waals surface area contributed by atoms with Crippen LogP contribution in [0.5, 0.6) is 0 Å². The van der Waals surface area contributed by atoms with Gasteiger partial charge >= 0.3 is 0 Å². The number of para-hydroxylation sites is 2. The van der Waals surface area contributed by atoms with Gasteiger partial charge in [0.05, 0.1) is 17.7 Å². The summed E-state index contributed by atoms with van der Waals surface area (Å²) in [6.45, 7) is 0. The molecule has 1 amide bonds. The number of aromatic nitrogens is 3. The van der Waals surface area contributed by atoms with Crippen LogP contribution >= 0.6 is 27.7 Å². The number of hydrogen-bond donors (Lipinski definition) is 1. The summed E-state index contributed by atoms with van der Waals surface area (Å²) in [4.78, 5) is 12.4. The molecule has 0 atom stereocenters. The van der Waals surface area contributed by atoms with Gasteiger partial charge in [0.2, 0.25) is 11.7 Å². The summed E-state index contributed by atoms with van der Waals surface area (Å²) in [6.07, 6.45) is 1.59. The Bertz CT molecular complexity index is 1080. The third kappa shape index (κ3) is 4.02. The summed E-state index contributed by atoms with van der Waals surface area (Å²) in [6, 6.07) is 20.9. The van der Waals surface area contributed by atoms with Gasteiger partial charge in [0.25, 0.3) is 0 Å². The molecule has 6 nitrogen and oxygen atoms in total. The molecule has 4 aromatic rings. The third-order valence-electron chi connectivity index (χ3n) is 3.87. The Morgan fingerprint density at radius 2 is 1.82 bits per heavy atom. The van der Waals surface area contributed by atoms with Crippen molar-refractivity contribution < 1.29 is 9.21 Å². The molecule has 2 heterocycles. The first-order chi connectivity index (χ1) is 13.7. The van der Waals surface area contributed by atoms with Crippen LogP contribution in [0, 0.1) is 0 Å². The first-order valence-corrected chi connectivity index (χ1v) is 10.2. The van der Waals surface area contributed by atoms with E-state index in [1.165, 1.54) is 11.8 Å². The number of amides is 1. The van der Waals surface area contributed by atoms with Crippen molar-refractivity contribution in [3.63, 3.8) is 0 Å². The summed E-state index contributed by atoms with van der Waals surface area (Å²) in [5.74, 6) is 1.27. The lowest BCUT2D eigenvalue weighted by molar-refractivity contribution is -0.113. The highest BCUT2D eigenvalue weighted by molar-refractivity contribution is 9.10. The molecule has 0 saturated carbocycles. The van der Waals surface area contributed by atoms with E-state index in [-0.39, 0.29) is 11.7 Å². The van der Waals surface area contributed by atoms with Crippen molar-refractivity contribution in [3.8, 4) is 17.3 Å². The van der Waals surface area contributed by atoms with Gasteiger partial charge in [-0.1, -0.05) is 42.1 Å². The number of anilines is 1. The van der Waals surface area contributed by atoms with Crippen LogP contribution in [0.2, 0.25) is 0 Å². The number of nitrogens with one attached hydrogen (secondary N) is 1. The number of carbonyl (C=O) groups is 1. The summed E-state index contributed by atoms with van der Waals surface area (Å²) in [5, 5.41) is 12.0. The van der Waals surface area contributed by atoms with Crippen molar-refractivity contribution in [2.45, 2.75) is 5.16 Å². The second kappa shape index (κ2) is 8.45. The maximum Gasteiger partial charge on any atom is 0.234 e. The van der Waals surface area contributed by atoms with E-state index in [1.54, 1.807) is 12.3 Å². The zero-order valence-electron chi connectivity index (χ0n) is 14.6. The van der Waals surface area contributed by atoms with Crippen molar-refractivity contribution in [1.82, 2.24) is 14.8 Å². The van der Waals surface area contributed by atoms with Crippen molar-refractivity contribution in [2.75, 3.05) is 11.1 Å². The maximum atomic E-state index is 12.4. The van der Waals surface area contributed by atoms with Gasteiger partial charge in [0.1, 0.15) is 0 Å². The quantitative estimate of drug-likeness (QED) is 0.414. The molecular formula is C20H15BrN4O2S. The number of hydrogen-bond acceptors (Lipinski definition) is 5. The van der Waals surface area contributed by atoms with E-state index in [0.29, 0.717) is 16.7 Å². The van der Waals surface area contributed by atoms with Gasteiger partial charge < -0.3 is 9.73 Å². The summed E-state index contributed by atoms with van der Waals surface area (Å²) in [5.41, 5.74) is 1.63. The second-order valence-electron chi connectivity index (χ2n) is 5.77. The molecule has 0 aliphatic carbocycles. The smallest absolute Gasteiger partial charge is 0.234 e. The van der Waals surface area contributed by atoms with E-state index in [2.05, 4.69) is 31.4 Å². The Morgan fingerprint density at radius 3 is 2.57 bits per heavy atom. The maximum absolute atomic E-state index is 12.4. The molecule has 140 valence electrons. The lowest BCUT2D eigenvalue weighted by Crippen LogP contribution is -2.15. The minimum atomic E-state index is -0.126. The molecule has 2 aromatic carbocycles. The molecule has 0 aliphatic rings. The Morgan fingerprint density at radius 1 is 1.04 bits per heavy atom. The van der Waals surface area contributed by atoms with E-state index in [4.69, 9.17) is 4.42 Å². The fraction of sp³-hybridized carbons (Fsp3) is 0.0500. The molecule has 4 rings (SSSR count). The predicted molar refractivity (Wildman–Crippen MR) is 113 cm³/mol. The molecule has 0 fully saturated rings. The molecule has 1 N–H and O–H groups in total. The summed E-state index contributed by atoms with van der Waals surface area (Å²) >= 11 is 4.74. The number of rotatable bonds is 6. The van der Waals surface area contributed by atoms with E-state index >= 15 is 0 Å². The monoisotopic (exact) mass is 454 g/mol. The van der Waals surface area contributed by atoms with Gasteiger partial charge in [-0.2, -0.15) is 0 Å².